The molecule has 2 fully saturated rings. The molecule has 0 bridgehead atoms. The molecule has 1 N–H and O–H groups in total. The molecule has 6 nitrogen and oxygen atoms in total. The van der Waals surface area contributed by atoms with E-state index in [0.29, 0.717) is 6.04 Å². The van der Waals surface area contributed by atoms with E-state index < -0.39 is 17.4 Å². The van der Waals surface area contributed by atoms with E-state index in [4.69, 9.17) is 4.74 Å². The Bertz CT molecular complexity index is 415. The molecule has 0 spiro atoms. The van der Waals surface area contributed by atoms with Crippen molar-refractivity contribution >= 4 is 17.8 Å². The maximum atomic E-state index is 12.1. The second kappa shape index (κ2) is 4.92. The fourth-order valence-electron chi connectivity index (χ4n) is 2.27. The van der Waals surface area contributed by atoms with E-state index in [1.807, 2.05) is 0 Å². The summed E-state index contributed by atoms with van der Waals surface area (Å²) < 4.78 is 4.72. The average Bonchev–Trinajstić information content (AvgIpc) is 3.12. The maximum absolute atomic E-state index is 12.1. The number of likely N-dealkylation sites (tertiary alicyclic amines) is 1. The molecular weight excluding hydrogens is 248 g/mol. The topological polar surface area (TPSA) is 75.7 Å². The van der Waals surface area contributed by atoms with Crippen molar-refractivity contribution in [3.05, 3.63) is 0 Å². The molecule has 19 heavy (non-hydrogen) atoms. The Morgan fingerprint density at radius 2 is 2.11 bits per heavy atom. The summed E-state index contributed by atoms with van der Waals surface area (Å²) in [6.07, 6.45) is 2.23. The number of imide groups is 1. The summed E-state index contributed by atoms with van der Waals surface area (Å²) in [5.74, 6) is -0.872. The molecule has 0 radical (unpaired) electrons. The Hall–Kier alpha value is -1.43. The van der Waals surface area contributed by atoms with E-state index >= 15 is 0 Å². The number of nitrogens with one attached hydrogen (secondary N) is 1. The first-order chi connectivity index (χ1) is 8.85. The molecule has 1 saturated heterocycles. The molecule has 1 atom stereocenters. The van der Waals surface area contributed by atoms with E-state index in [0.717, 1.165) is 12.8 Å². The van der Waals surface area contributed by atoms with Crippen LogP contribution in [0.2, 0.25) is 0 Å². The molecule has 1 aliphatic heterocycles. The highest BCUT2D eigenvalue weighted by Gasteiger charge is 2.46. The predicted octanol–water partition coefficient (Wildman–Crippen LogP) is 0.0651. The van der Waals surface area contributed by atoms with Gasteiger partial charge in [0.05, 0.1) is 19.1 Å². The zero-order valence-electron chi connectivity index (χ0n) is 11.6. The summed E-state index contributed by atoms with van der Waals surface area (Å²) in [5, 5.41) is 3.12. The minimum Gasteiger partial charge on any atom is -0.468 e. The number of nitrogens with zero attached hydrogens (tertiary/aromatic N) is 1. The molecule has 1 saturated carbocycles. The number of ether oxygens (including phenoxy) is 1. The highest BCUT2D eigenvalue weighted by Crippen LogP contribution is 2.31. The lowest BCUT2D eigenvalue weighted by Gasteiger charge is -2.23. The third-order valence-corrected chi connectivity index (χ3v) is 3.58. The Kier molecular flexibility index (Phi) is 3.62. The van der Waals surface area contributed by atoms with Crippen molar-refractivity contribution in [1.29, 1.82) is 0 Å². The zero-order chi connectivity index (χ0) is 14.2. The van der Waals surface area contributed by atoms with E-state index in [-0.39, 0.29) is 24.8 Å². The molecule has 1 unspecified atom stereocenters. The van der Waals surface area contributed by atoms with E-state index in [9.17, 15) is 14.4 Å². The van der Waals surface area contributed by atoms with Crippen LogP contribution in [0, 0.1) is 5.41 Å². The van der Waals surface area contributed by atoms with Crippen LogP contribution in [0.1, 0.15) is 33.1 Å². The van der Waals surface area contributed by atoms with Gasteiger partial charge in [0.2, 0.25) is 11.8 Å². The third kappa shape index (κ3) is 2.94. The monoisotopic (exact) mass is 268 g/mol. The molecule has 6 heteroatoms. The largest absolute Gasteiger partial charge is 0.468 e. The van der Waals surface area contributed by atoms with Gasteiger partial charge in [-0.05, 0) is 12.8 Å². The van der Waals surface area contributed by atoms with Crippen molar-refractivity contribution in [2.24, 2.45) is 5.41 Å². The molecule has 0 aromatic heterocycles. The quantitative estimate of drug-likeness (QED) is 0.564. The van der Waals surface area contributed by atoms with E-state index in [2.05, 4.69) is 5.32 Å². The van der Waals surface area contributed by atoms with Gasteiger partial charge >= 0.3 is 5.97 Å². The molecule has 106 valence electrons. The summed E-state index contributed by atoms with van der Waals surface area (Å²) in [6.45, 7) is 3.55. The lowest BCUT2D eigenvalue weighted by molar-refractivity contribution is -0.146. The molecular formula is C13H20N2O4. The summed E-state index contributed by atoms with van der Waals surface area (Å²) in [6, 6.07) is -0.329. The first-order valence-electron chi connectivity index (χ1n) is 6.54. The van der Waals surface area contributed by atoms with Crippen molar-refractivity contribution in [3.8, 4) is 0 Å². The Balaban J connectivity index is 2.05. The molecule has 1 heterocycles. The van der Waals surface area contributed by atoms with Crippen molar-refractivity contribution in [1.82, 2.24) is 10.2 Å². The van der Waals surface area contributed by atoms with Crippen molar-refractivity contribution in [2.45, 2.75) is 45.2 Å². The van der Waals surface area contributed by atoms with Gasteiger partial charge in [0.1, 0.15) is 6.04 Å². The first kappa shape index (κ1) is 14.0. The van der Waals surface area contributed by atoms with Crippen LogP contribution in [0.5, 0.6) is 0 Å². The lowest BCUT2D eigenvalue weighted by atomic mass is 9.92. The summed E-state index contributed by atoms with van der Waals surface area (Å²) >= 11 is 0. The highest BCUT2D eigenvalue weighted by atomic mass is 16.5. The number of carbonyl (C=O) groups is 3. The van der Waals surface area contributed by atoms with Crippen LogP contribution in [0.15, 0.2) is 0 Å². The SMILES string of the molecule is COC(=O)C(CN1C(=O)CC(C)(C)C1=O)NC1CC1. The van der Waals surface area contributed by atoms with Gasteiger partial charge in [0.15, 0.2) is 0 Å². The number of hydrogen-bond donors (Lipinski definition) is 1. The Morgan fingerprint density at radius 3 is 2.53 bits per heavy atom. The van der Waals surface area contributed by atoms with Gasteiger partial charge < -0.3 is 10.1 Å². The molecule has 2 amide bonds. The number of hydrogen-bond acceptors (Lipinski definition) is 5. The molecule has 2 aliphatic rings. The van der Waals surface area contributed by atoms with E-state index in [1.54, 1.807) is 13.8 Å². The number of carbonyl (C=O) groups excluding carboxylic acids is 3. The van der Waals surface area contributed by atoms with Crippen LogP contribution in [0.25, 0.3) is 0 Å². The molecule has 2 rings (SSSR count). The fourth-order valence-corrected chi connectivity index (χ4v) is 2.27. The van der Waals surface area contributed by atoms with Gasteiger partial charge in [-0.2, -0.15) is 0 Å². The smallest absolute Gasteiger partial charge is 0.324 e. The van der Waals surface area contributed by atoms with Crippen LogP contribution in [0.4, 0.5) is 0 Å². The molecule has 0 aromatic rings. The Labute approximate surface area is 112 Å². The second-order valence-electron chi connectivity index (χ2n) is 5.89. The lowest BCUT2D eigenvalue weighted by Crippen LogP contribution is -2.49. The zero-order valence-corrected chi connectivity index (χ0v) is 11.6. The van der Waals surface area contributed by atoms with Gasteiger partial charge in [-0.1, -0.05) is 13.8 Å². The predicted molar refractivity (Wildman–Crippen MR) is 67.1 cm³/mol. The van der Waals surface area contributed by atoms with Gasteiger partial charge in [-0.3, -0.25) is 19.3 Å². The first-order valence-corrected chi connectivity index (χ1v) is 6.54. The second-order valence-corrected chi connectivity index (χ2v) is 5.89. The number of amides is 2. The van der Waals surface area contributed by atoms with Crippen LogP contribution in [-0.2, 0) is 19.1 Å². The summed E-state index contributed by atoms with van der Waals surface area (Å²) in [4.78, 5) is 36.9. The minimum absolute atomic E-state index is 0.0598. The summed E-state index contributed by atoms with van der Waals surface area (Å²) in [7, 11) is 1.31. The third-order valence-electron chi connectivity index (χ3n) is 3.58. The number of rotatable bonds is 5. The van der Waals surface area contributed by atoms with Crippen LogP contribution in [0.3, 0.4) is 0 Å². The van der Waals surface area contributed by atoms with Crippen molar-refractivity contribution in [3.63, 3.8) is 0 Å². The van der Waals surface area contributed by atoms with Crippen molar-refractivity contribution in [2.75, 3.05) is 13.7 Å². The van der Waals surface area contributed by atoms with Crippen LogP contribution >= 0.6 is 0 Å². The number of esters is 1. The number of methoxy groups -OCH3 is 1. The van der Waals surface area contributed by atoms with Crippen LogP contribution in [-0.4, -0.2) is 48.4 Å². The maximum Gasteiger partial charge on any atom is 0.324 e. The van der Waals surface area contributed by atoms with Gasteiger partial charge in [-0.15, -0.1) is 0 Å². The van der Waals surface area contributed by atoms with Crippen molar-refractivity contribution < 1.29 is 19.1 Å². The molecule has 0 aromatic carbocycles. The van der Waals surface area contributed by atoms with Gasteiger partial charge in [0, 0.05) is 12.5 Å². The van der Waals surface area contributed by atoms with Crippen LogP contribution < -0.4 is 5.32 Å². The minimum atomic E-state index is -0.669. The van der Waals surface area contributed by atoms with Gasteiger partial charge in [-0.25, -0.2) is 0 Å². The highest BCUT2D eigenvalue weighted by molar-refractivity contribution is 6.05. The van der Waals surface area contributed by atoms with E-state index in [1.165, 1.54) is 12.0 Å². The fraction of sp³-hybridized carbons (Fsp3) is 0.769. The standard InChI is InChI=1S/C13H20N2O4/c1-13(2)6-10(16)15(12(13)18)7-9(11(17)19-3)14-8-4-5-8/h8-9,14H,4-7H2,1-3H3. The average molecular weight is 268 g/mol. The normalized spacial score (nSPS) is 23.6. The summed E-state index contributed by atoms with van der Waals surface area (Å²) in [5.41, 5.74) is -0.669. The molecule has 1 aliphatic carbocycles. The Morgan fingerprint density at radius 1 is 1.47 bits per heavy atom. The van der Waals surface area contributed by atoms with Gasteiger partial charge in [0.25, 0.3) is 0 Å².